The van der Waals surface area contributed by atoms with Gasteiger partial charge in [-0.3, -0.25) is 4.72 Å². The van der Waals surface area contributed by atoms with E-state index in [1.807, 2.05) is 13.8 Å². The SMILES string of the molecule is COc1cc(NS(=O)(=O)c2cc(-c3onc(C)c3C)ccc2C)cc(OC)c1OC. The highest BCUT2D eigenvalue weighted by Gasteiger charge is 2.22. The van der Waals surface area contributed by atoms with Gasteiger partial charge in [0.2, 0.25) is 5.75 Å². The minimum atomic E-state index is -3.91. The van der Waals surface area contributed by atoms with Gasteiger partial charge in [-0.05, 0) is 32.4 Å². The van der Waals surface area contributed by atoms with Crippen molar-refractivity contribution in [3.63, 3.8) is 0 Å². The monoisotopic (exact) mass is 432 g/mol. The number of aryl methyl sites for hydroxylation is 2. The number of nitrogens with zero attached hydrogens (tertiary/aromatic N) is 1. The van der Waals surface area contributed by atoms with Gasteiger partial charge in [0.05, 0.1) is 37.6 Å². The van der Waals surface area contributed by atoms with Crippen molar-refractivity contribution in [3.8, 4) is 28.6 Å². The lowest BCUT2D eigenvalue weighted by molar-refractivity contribution is 0.325. The Bertz CT molecular complexity index is 1160. The Hall–Kier alpha value is -3.20. The van der Waals surface area contributed by atoms with Crippen LogP contribution >= 0.6 is 0 Å². The Labute approximate surface area is 175 Å². The fourth-order valence-electron chi connectivity index (χ4n) is 3.07. The van der Waals surface area contributed by atoms with Crippen molar-refractivity contribution in [1.82, 2.24) is 5.16 Å². The summed E-state index contributed by atoms with van der Waals surface area (Å²) < 4.78 is 50.2. The first-order valence-corrected chi connectivity index (χ1v) is 10.6. The molecule has 0 fully saturated rings. The second kappa shape index (κ2) is 8.27. The second-order valence-corrected chi connectivity index (χ2v) is 8.37. The van der Waals surface area contributed by atoms with E-state index in [1.54, 1.807) is 25.1 Å². The molecule has 0 bridgehead atoms. The molecule has 0 aliphatic carbocycles. The smallest absolute Gasteiger partial charge is 0.262 e. The Kier molecular flexibility index (Phi) is 5.93. The van der Waals surface area contributed by atoms with Gasteiger partial charge >= 0.3 is 0 Å². The average molecular weight is 432 g/mol. The molecule has 1 aromatic heterocycles. The van der Waals surface area contributed by atoms with Gasteiger partial charge in [0.15, 0.2) is 17.3 Å². The first-order valence-electron chi connectivity index (χ1n) is 9.08. The number of methoxy groups -OCH3 is 3. The summed E-state index contributed by atoms with van der Waals surface area (Å²) in [5, 5.41) is 3.95. The molecule has 160 valence electrons. The number of aromatic nitrogens is 1. The number of benzene rings is 2. The summed E-state index contributed by atoms with van der Waals surface area (Å²) in [4.78, 5) is 0.127. The van der Waals surface area contributed by atoms with E-state index in [2.05, 4.69) is 9.88 Å². The summed E-state index contributed by atoms with van der Waals surface area (Å²) in [7, 11) is 0.491. The largest absolute Gasteiger partial charge is 0.493 e. The molecule has 0 amide bonds. The lowest BCUT2D eigenvalue weighted by atomic mass is 10.1. The number of nitrogens with one attached hydrogen (secondary N) is 1. The van der Waals surface area contributed by atoms with Crippen LogP contribution in [0, 0.1) is 20.8 Å². The lowest BCUT2D eigenvalue weighted by Gasteiger charge is -2.16. The highest BCUT2D eigenvalue weighted by molar-refractivity contribution is 7.92. The third kappa shape index (κ3) is 3.93. The molecule has 0 radical (unpaired) electrons. The van der Waals surface area contributed by atoms with Crippen molar-refractivity contribution in [2.75, 3.05) is 26.1 Å². The van der Waals surface area contributed by atoms with Crippen LogP contribution in [0.25, 0.3) is 11.3 Å². The molecule has 3 aromatic rings. The molecule has 2 aromatic carbocycles. The predicted octanol–water partition coefficient (Wildman–Crippen LogP) is 4.09. The molecule has 1 N–H and O–H groups in total. The molecule has 0 unspecified atom stereocenters. The quantitative estimate of drug-likeness (QED) is 0.600. The average Bonchev–Trinajstić information content (AvgIpc) is 3.05. The van der Waals surface area contributed by atoms with E-state index in [4.69, 9.17) is 18.7 Å². The molecule has 30 heavy (non-hydrogen) atoms. The standard InChI is InChI=1S/C21H24N2O6S/c1-12-7-8-15(20-13(2)14(3)22-29-20)9-19(12)30(24,25)23-16-10-17(26-4)21(28-6)18(11-16)27-5/h7-11,23H,1-6H3. The molecule has 9 heteroatoms. The van der Waals surface area contributed by atoms with Gasteiger partial charge in [0.1, 0.15) is 0 Å². The molecule has 0 saturated carbocycles. The Morgan fingerprint density at radius 2 is 1.57 bits per heavy atom. The van der Waals surface area contributed by atoms with Crippen molar-refractivity contribution < 1.29 is 27.2 Å². The zero-order chi connectivity index (χ0) is 22.1. The van der Waals surface area contributed by atoms with Gasteiger partial charge in [0.25, 0.3) is 10.0 Å². The fourth-order valence-corrected chi connectivity index (χ4v) is 4.38. The van der Waals surface area contributed by atoms with Crippen LogP contribution in [0.1, 0.15) is 16.8 Å². The molecule has 8 nitrogen and oxygen atoms in total. The number of rotatable bonds is 7. The molecule has 3 rings (SSSR count). The predicted molar refractivity (Wildman–Crippen MR) is 113 cm³/mol. The zero-order valence-corrected chi connectivity index (χ0v) is 18.5. The lowest BCUT2D eigenvalue weighted by Crippen LogP contribution is -2.14. The summed E-state index contributed by atoms with van der Waals surface area (Å²) in [6.07, 6.45) is 0. The maximum absolute atomic E-state index is 13.2. The van der Waals surface area contributed by atoms with Gasteiger partial charge in [-0.15, -0.1) is 0 Å². The minimum absolute atomic E-state index is 0.127. The number of hydrogen-bond acceptors (Lipinski definition) is 7. The maximum Gasteiger partial charge on any atom is 0.262 e. The summed E-state index contributed by atoms with van der Waals surface area (Å²) in [5.74, 6) is 1.59. The Morgan fingerprint density at radius 1 is 0.933 bits per heavy atom. The van der Waals surface area contributed by atoms with E-state index >= 15 is 0 Å². The van der Waals surface area contributed by atoms with Gasteiger partial charge in [-0.1, -0.05) is 17.3 Å². The van der Waals surface area contributed by atoms with Gasteiger partial charge < -0.3 is 18.7 Å². The van der Waals surface area contributed by atoms with Crippen molar-refractivity contribution >= 4 is 15.7 Å². The van der Waals surface area contributed by atoms with Crippen molar-refractivity contribution in [1.29, 1.82) is 0 Å². The topological polar surface area (TPSA) is 99.9 Å². The van der Waals surface area contributed by atoms with E-state index in [0.717, 1.165) is 11.3 Å². The number of sulfonamides is 1. The van der Waals surface area contributed by atoms with Crippen LogP contribution in [0.4, 0.5) is 5.69 Å². The zero-order valence-electron chi connectivity index (χ0n) is 17.7. The third-order valence-electron chi connectivity index (χ3n) is 4.81. The molecule has 0 aliphatic heterocycles. The van der Waals surface area contributed by atoms with E-state index in [9.17, 15) is 8.42 Å². The third-order valence-corrected chi connectivity index (χ3v) is 6.34. The highest BCUT2D eigenvalue weighted by atomic mass is 32.2. The molecular weight excluding hydrogens is 408 g/mol. The van der Waals surface area contributed by atoms with Gasteiger partial charge in [0, 0.05) is 23.3 Å². The van der Waals surface area contributed by atoms with Crippen LogP contribution in [0.5, 0.6) is 17.2 Å². The number of anilines is 1. The van der Waals surface area contributed by atoms with E-state index in [1.165, 1.54) is 33.5 Å². The molecule has 0 aliphatic rings. The molecule has 0 spiro atoms. The summed E-state index contributed by atoms with van der Waals surface area (Å²) >= 11 is 0. The van der Waals surface area contributed by atoms with E-state index in [0.29, 0.717) is 34.1 Å². The minimum Gasteiger partial charge on any atom is -0.493 e. The van der Waals surface area contributed by atoms with Crippen LogP contribution in [0.15, 0.2) is 39.8 Å². The normalized spacial score (nSPS) is 11.3. The molecule has 1 heterocycles. The van der Waals surface area contributed by atoms with Crippen LogP contribution in [0.3, 0.4) is 0 Å². The summed E-state index contributed by atoms with van der Waals surface area (Å²) in [6, 6.07) is 8.17. The highest BCUT2D eigenvalue weighted by Crippen LogP contribution is 2.40. The van der Waals surface area contributed by atoms with E-state index < -0.39 is 10.0 Å². The van der Waals surface area contributed by atoms with Crippen LogP contribution in [-0.4, -0.2) is 34.9 Å². The van der Waals surface area contributed by atoms with Crippen molar-refractivity contribution in [2.45, 2.75) is 25.7 Å². The molecule has 0 atom stereocenters. The molecular formula is C21H24N2O6S. The maximum atomic E-state index is 13.2. The van der Waals surface area contributed by atoms with Crippen LogP contribution < -0.4 is 18.9 Å². The second-order valence-electron chi connectivity index (χ2n) is 6.72. The summed E-state index contributed by atoms with van der Waals surface area (Å²) in [6.45, 7) is 5.44. The van der Waals surface area contributed by atoms with Crippen LogP contribution in [0.2, 0.25) is 0 Å². The Morgan fingerprint density at radius 3 is 2.07 bits per heavy atom. The number of ether oxygens (including phenoxy) is 3. The summed E-state index contributed by atoms with van der Waals surface area (Å²) in [5.41, 5.74) is 3.11. The van der Waals surface area contributed by atoms with Crippen molar-refractivity contribution in [3.05, 3.63) is 47.2 Å². The van der Waals surface area contributed by atoms with Gasteiger partial charge in [-0.25, -0.2) is 8.42 Å². The fraction of sp³-hybridized carbons (Fsp3) is 0.286. The van der Waals surface area contributed by atoms with Crippen molar-refractivity contribution in [2.24, 2.45) is 0 Å². The van der Waals surface area contributed by atoms with Crippen LogP contribution in [-0.2, 0) is 10.0 Å². The number of hydrogen-bond donors (Lipinski definition) is 1. The Balaban J connectivity index is 2.04. The first kappa shape index (κ1) is 21.5. The van der Waals surface area contributed by atoms with Gasteiger partial charge in [-0.2, -0.15) is 0 Å². The van der Waals surface area contributed by atoms with E-state index in [-0.39, 0.29) is 10.6 Å². The first-order chi connectivity index (χ1) is 14.2. The molecule has 0 saturated heterocycles.